The molecule has 0 bridgehead atoms. The Balaban J connectivity index is 2.95. The van der Waals surface area contributed by atoms with E-state index in [1.54, 1.807) is 20.3 Å². The van der Waals surface area contributed by atoms with E-state index in [0.29, 0.717) is 25.5 Å². The van der Waals surface area contributed by atoms with Crippen LogP contribution in [0.5, 0.6) is 0 Å². The molecule has 106 valence electrons. The number of hydrogen-bond donors (Lipinski definition) is 2. The molecule has 6 heteroatoms. The van der Waals surface area contributed by atoms with Gasteiger partial charge in [0.2, 0.25) is 0 Å². The van der Waals surface area contributed by atoms with E-state index in [1.807, 2.05) is 12.1 Å². The second-order valence-electron chi connectivity index (χ2n) is 4.29. The third-order valence-corrected chi connectivity index (χ3v) is 2.78. The van der Waals surface area contributed by atoms with Crippen molar-refractivity contribution in [2.75, 3.05) is 38.9 Å². The van der Waals surface area contributed by atoms with Gasteiger partial charge >= 0.3 is 0 Å². The first-order valence-corrected chi connectivity index (χ1v) is 6.16. The Bertz CT molecular complexity index is 411. The fourth-order valence-corrected chi connectivity index (χ4v) is 1.81. The number of hydrogen-bond acceptors (Lipinski definition) is 5. The van der Waals surface area contributed by atoms with Crippen LogP contribution in [0, 0.1) is 5.41 Å². The molecule has 19 heavy (non-hydrogen) atoms. The first-order valence-electron chi connectivity index (χ1n) is 6.16. The molecule has 0 spiro atoms. The van der Waals surface area contributed by atoms with E-state index in [0.717, 1.165) is 5.82 Å². The summed E-state index contributed by atoms with van der Waals surface area (Å²) in [5, 5.41) is 7.45. The maximum absolute atomic E-state index is 7.45. The molecule has 1 rings (SSSR count). The molecule has 3 N–H and O–H groups in total. The van der Waals surface area contributed by atoms with Crippen molar-refractivity contribution in [3.63, 3.8) is 0 Å². The van der Waals surface area contributed by atoms with Crippen molar-refractivity contribution < 1.29 is 9.47 Å². The van der Waals surface area contributed by atoms with Gasteiger partial charge in [0.05, 0.1) is 19.3 Å². The number of rotatable bonds is 8. The molecule has 0 saturated carbocycles. The number of anilines is 1. The van der Waals surface area contributed by atoms with Crippen LogP contribution in [0.2, 0.25) is 0 Å². The monoisotopic (exact) mass is 266 g/mol. The van der Waals surface area contributed by atoms with Crippen LogP contribution in [-0.2, 0) is 9.47 Å². The third kappa shape index (κ3) is 4.50. The predicted molar refractivity (Wildman–Crippen MR) is 75.8 cm³/mol. The van der Waals surface area contributed by atoms with Gasteiger partial charge in [-0.2, -0.15) is 0 Å². The van der Waals surface area contributed by atoms with E-state index >= 15 is 0 Å². The van der Waals surface area contributed by atoms with Crippen LogP contribution in [0.15, 0.2) is 18.2 Å². The molecular weight excluding hydrogens is 244 g/mol. The molecule has 1 atom stereocenters. The number of amidine groups is 1. The molecular formula is C13H22N4O2. The molecule has 0 aromatic carbocycles. The third-order valence-electron chi connectivity index (χ3n) is 2.78. The van der Waals surface area contributed by atoms with Crippen molar-refractivity contribution in [3.05, 3.63) is 23.9 Å². The molecule has 1 aromatic rings. The van der Waals surface area contributed by atoms with Crippen LogP contribution in [0.3, 0.4) is 0 Å². The van der Waals surface area contributed by atoms with Crippen molar-refractivity contribution in [3.8, 4) is 0 Å². The maximum atomic E-state index is 7.45. The average molecular weight is 266 g/mol. The van der Waals surface area contributed by atoms with Crippen LogP contribution in [0.4, 0.5) is 5.82 Å². The number of pyridine rings is 1. The molecule has 0 amide bonds. The summed E-state index contributed by atoms with van der Waals surface area (Å²) in [6, 6.07) is 5.63. The lowest BCUT2D eigenvalue weighted by molar-refractivity contribution is 0.170. The number of ether oxygens (including phenoxy) is 2. The van der Waals surface area contributed by atoms with Gasteiger partial charge in [0.25, 0.3) is 0 Å². The molecule has 0 saturated heterocycles. The van der Waals surface area contributed by atoms with Gasteiger partial charge in [0.15, 0.2) is 0 Å². The topological polar surface area (TPSA) is 84.5 Å². The summed E-state index contributed by atoms with van der Waals surface area (Å²) in [6.45, 7) is 3.95. The van der Waals surface area contributed by atoms with Crippen molar-refractivity contribution >= 4 is 11.7 Å². The van der Waals surface area contributed by atoms with Gasteiger partial charge in [-0.25, -0.2) is 4.98 Å². The SMILES string of the molecule is COCCN(c1cccc(C(=N)N)n1)C(C)COC. The van der Waals surface area contributed by atoms with Crippen LogP contribution in [0.25, 0.3) is 0 Å². The van der Waals surface area contributed by atoms with Gasteiger partial charge in [-0.1, -0.05) is 6.07 Å². The fourth-order valence-electron chi connectivity index (χ4n) is 1.81. The molecule has 1 heterocycles. The normalized spacial score (nSPS) is 12.2. The van der Waals surface area contributed by atoms with E-state index < -0.39 is 0 Å². The lowest BCUT2D eigenvalue weighted by Crippen LogP contribution is -2.39. The minimum absolute atomic E-state index is 0.0343. The highest BCUT2D eigenvalue weighted by Gasteiger charge is 2.16. The van der Waals surface area contributed by atoms with Crippen molar-refractivity contribution in [2.45, 2.75) is 13.0 Å². The van der Waals surface area contributed by atoms with E-state index in [4.69, 9.17) is 20.6 Å². The first-order chi connectivity index (χ1) is 9.10. The molecule has 0 aliphatic rings. The van der Waals surface area contributed by atoms with Crippen molar-refractivity contribution in [2.24, 2.45) is 5.73 Å². The Hall–Kier alpha value is -1.66. The summed E-state index contributed by atoms with van der Waals surface area (Å²) in [5.74, 6) is 0.738. The second kappa shape index (κ2) is 7.70. The molecule has 1 aromatic heterocycles. The molecule has 0 fully saturated rings. The van der Waals surface area contributed by atoms with Gasteiger partial charge in [-0.15, -0.1) is 0 Å². The highest BCUT2D eigenvalue weighted by Crippen LogP contribution is 2.15. The van der Waals surface area contributed by atoms with Gasteiger partial charge in [0.1, 0.15) is 17.3 Å². The van der Waals surface area contributed by atoms with E-state index in [2.05, 4.69) is 16.8 Å². The molecule has 0 aliphatic carbocycles. The first kappa shape index (κ1) is 15.4. The summed E-state index contributed by atoms with van der Waals surface area (Å²) >= 11 is 0. The van der Waals surface area contributed by atoms with Crippen molar-refractivity contribution in [1.29, 1.82) is 5.41 Å². The average Bonchev–Trinajstić information content (AvgIpc) is 2.40. The number of nitrogens with zero attached hydrogens (tertiary/aromatic N) is 2. The van der Waals surface area contributed by atoms with Gasteiger partial charge in [0, 0.05) is 20.8 Å². The Morgan fingerprint density at radius 1 is 1.42 bits per heavy atom. The number of aromatic nitrogens is 1. The zero-order valence-electron chi connectivity index (χ0n) is 11.7. The number of nitrogens with one attached hydrogen (secondary N) is 1. The predicted octanol–water partition coefficient (Wildman–Crippen LogP) is 0.853. The Morgan fingerprint density at radius 2 is 2.16 bits per heavy atom. The zero-order valence-corrected chi connectivity index (χ0v) is 11.7. The Labute approximate surface area is 114 Å². The van der Waals surface area contributed by atoms with Crippen LogP contribution < -0.4 is 10.6 Å². The molecule has 1 unspecified atom stereocenters. The zero-order chi connectivity index (χ0) is 14.3. The summed E-state index contributed by atoms with van der Waals surface area (Å²) < 4.78 is 10.3. The van der Waals surface area contributed by atoms with Gasteiger partial charge in [-0.3, -0.25) is 5.41 Å². The largest absolute Gasteiger partial charge is 0.383 e. The summed E-state index contributed by atoms with van der Waals surface area (Å²) in [5.41, 5.74) is 5.95. The van der Waals surface area contributed by atoms with Crippen LogP contribution in [0.1, 0.15) is 12.6 Å². The molecule has 0 aliphatic heterocycles. The highest BCUT2D eigenvalue weighted by atomic mass is 16.5. The van der Waals surface area contributed by atoms with Crippen LogP contribution in [-0.4, -0.2) is 50.8 Å². The Morgan fingerprint density at radius 3 is 2.74 bits per heavy atom. The minimum Gasteiger partial charge on any atom is -0.383 e. The minimum atomic E-state index is -0.0343. The Kier molecular flexibility index (Phi) is 6.24. The van der Waals surface area contributed by atoms with E-state index in [9.17, 15) is 0 Å². The summed E-state index contributed by atoms with van der Waals surface area (Å²) in [4.78, 5) is 6.48. The lowest BCUT2D eigenvalue weighted by Gasteiger charge is -2.29. The van der Waals surface area contributed by atoms with E-state index in [1.165, 1.54) is 0 Å². The summed E-state index contributed by atoms with van der Waals surface area (Å²) in [7, 11) is 3.34. The highest BCUT2D eigenvalue weighted by molar-refractivity contribution is 5.93. The second-order valence-corrected chi connectivity index (χ2v) is 4.29. The standard InChI is InChI=1S/C13H22N4O2/c1-10(9-19-3)17(7-8-18-2)12-6-4-5-11(16-12)13(14)15/h4-6,10H,7-9H2,1-3H3,(H3,14,15). The van der Waals surface area contributed by atoms with Gasteiger partial charge in [-0.05, 0) is 19.1 Å². The molecule has 6 nitrogen and oxygen atoms in total. The smallest absolute Gasteiger partial charge is 0.141 e. The fraction of sp³-hybridized carbons (Fsp3) is 0.538. The van der Waals surface area contributed by atoms with Crippen molar-refractivity contribution in [1.82, 2.24) is 4.98 Å². The molecule has 0 radical (unpaired) electrons. The van der Waals surface area contributed by atoms with Gasteiger partial charge < -0.3 is 20.1 Å². The van der Waals surface area contributed by atoms with E-state index in [-0.39, 0.29) is 11.9 Å². The quantitative estimate of drug-likeness (QED) is 0.538. The number of nitrogens with two attached hydrogens (primary N) is 1. The summed E-state index contributed by atoms with van der Waals surface area (Å²) in [6.07, 6.45) is 0. The lowest BCUT2D eigenvalue weighted by atomic mass is 10.2. The number of methoxy groups -OCH3 is 2. The maximum Gasteiger partial charge on any atom is 0.141 e. The van der Waals surface area contributed by atoms with Crippen LogP contribution >= 0.6 is 0 Å². The number of nitrogen functional groups attached to an aromatic ring is 1.